The van der Waals surface area contributed by atoms with E-state index in [4.69, 9.17) is 33.5 Å². The molecule has 4 rings (SSSR count). The smallest absolute Gasteiger partial charge is 0.194 e. The van der Waals surface area contributed by atoms with Crippen LogP contribution < -0.4 is 5.73 Å². The van der Waals surface area contributed by atoms with Crippen molar-refractivity contribution in [3.05, 3.63) is 52.3 Å². The van der Waals surface area contributed by atoms with E-state index < -0.39 is 17.1 Å². The molecule has 1 saturated carbocycles. The van der Waals surface area contributed by atoms with Crippen molar-refractivity contribution in [1.82, 2.24) is 4.98 Å². The van der Waals surface area contributed by atoms with Crippen LogP contribution in [-0.2, 0) is 10.4 Å². The molecule has 2 N–H and O–H groups in total. The number of hydrogen-bond donors (Lipinski definition) is 1. The molecular formula is C22H23ClFN3OS. The summed E-state index contributed by atoms with van der Waals surface area (Å²) in [7, 11) is 1.67. The standard InChI is InChI=1S/C22H23ClFN3OS/c1-5-14-7-6-8-16(22(14,24)18-13(2)9-15(23)11-26-18)20(3)17-10-21(17,12-28-4)29-19(25)27-20/h1,6-9,11,16-17H,10,12H2,2-4H3,(H2,25,27)/t16?,17?,20-,21+,22?/m0/s1. The summed E-state index contributed by atoms with van der Waals surface area (Å²) in [6.07, 6.45) is 13.3. The van der Waals surface area contributed by atoms with Crippen LogP contribution in [0.1, 0.15) is 24.6 Å². The minimum absolute atomic E-state index is 0.113. The Balaban J connectivity index is 1.88. The molecule has 1 aromatic rings. The van der Waals surface area contributed by atoms with Gasteiger partial charge in [0.1, 0.15) is 0 Å². The number of hydrogen-bond acceptors (Lipinski definition) is 5. The second-order valence-corrected chi connectivity index (χ2v) is 10.0. The number of fused-ring (bicyclic) bond motifs is 1. The van der Waals surface area contributed by atoms with Gasteiger partial charge in [-0.05, 0) is 38.0 Å². The van der Waals surface area contributed by atoms with Crippen molar-refractivity contribution < 1.29 is 9.13 Å². The van der Waals surface area contributed by atoms with Crippen LogP contribution >= 0.6 is 23.4 Å². The molecule has 1 aromatic heterocycles. The molecule has 1 fully saturated rings. The summed E-state index contributed by atoms with van der Waals surface area (Å²) in [6.45, 7) is 4.30. The van der Waals surface area contributed by atoms with Gasteiger partial charge in [0.25, 0.3) is 0 Å². The third-order valence-electron chi connectivity index (χ3n) is 6.34. The van der Waals surface area contributed by atoms with E-state index in [0.717, 1.165) is 6.42 Å². The van der Waals surface area contributed by atoms with Crippen molar-refractivity contribution in [2.24, 2.45) is 22.6 Å². The maximum atomic E-state index is 17.2. The maximum Gasteiger partial charge on any atom is 0.194 e. The van der Waals surface area contributed by atoms with Gasteiger partial charge in [-0.15, -0.1) is 6.42 Å². The number of aryl methyl sites for hydroxylation is 1. The van der Waals surface area contributed by atoms with Crippen molar-refractivity contribution in [3.63, 3.8) is 0 Å². The summed E-state index contributed by atoms with van der Waals surface area (Å²) in [5.74, 6) is 2.00. The Hall–Kier alpha value is -1.81. The molecule has 3 aliphatic rings. The highest BCUT2D eigenvalue weighted by Crippen LogP contribution is 2.67. The van der Waals surface area contributed by atoms with E-state index in [1.54, 1.807) is 26.2 Å². The molecule has 0 amide bonds. The number of allylic oxidation sites excluding steroid dienone is 3. The van der Waals surface area contributed by atoms with Crippen LogP contribution in [0.4, 0.5) is 4.39 Å². The molecule has 1 aliphatic heterocycles. The Bertz CT molecular complexity index is 1000. The molecule has 0 spiro atoms. The molecule has 152 valence electrons. The number of terminal acetylenes is 1. The zero-order valence-electron chi connectivity index (χ0n) is 16.6. The Morgan fingerprint density at radius 3 is 2.93 bits per heavy atom. The fourth-order valence-electron chi connectivity index (χ4n) is 5.04. The largest absolute Gasteiger partial charge is 0.383 e. The normalized spacial score (nSPS) is 37.9. The maximum absolute atomic E-state index is 17.2. The summed E-state index contributed by atoms with van der Waals surface area (Å²) in [5, 5.41) is 0.902. The number of nitrogens with zero attached hydrogens (tertiary/aromatic N) is 2. The summed E-state index contributed by atoms with van der Waals surface area (Å²) < 4.78 is 22.4. The average molecular weight is 432 g/mol. The highest BCUT2D eigenvalue weighted by atomic mass is 35.5. The zero-order chi connectivity index (χ0) is 21.0. The van der Waals surface area contributed by atoms with E-state index in [2.05, 4.69) is 10.9 Å². The molecule has 0 aromatic carbocycles. The van der Waals surface area contributed by atoms with Crippen LogP contribution in [0.2, 0.25) is 5.02 Å². The lowest BCUT2D eigenvalue weighted by Crippen LogP contribution is -2.52. The van der Waals surface area contributed by atoms with Crippen LogP contribution in [0, 0.1) is 31.1 Å². The number of aromatic nitrogens is 1. The number of pyridine rings is 1. The van der Waals surface area contributed by atoms with Gasteiger partial charge in [0.15, 0.2) is 10.8 Å². The lowest BCUT2D eigenvalue weighted by atomic mass is 9.65. The molecule has 0 bridgehead atoms. The molecule has 2 heterocycles. The lowest BCUT2D eigenvalue weighted by molar-refractivity contribution is 0.0804. The minimum Gasteiger partial charge on any atom is -0.383 e. The van der Waals surface area contributed by atoms with E-state index in [0.29, 0.717) is 22.4 Å². The van der Waals surface area contributed by atoms with Crippen LogP contribution in [0.3, 0.4) is 0 Å². The van der Waals surface area contributed by atoms with Gasteiger partial charge in [0, 0.05) is 30.7 Å². The molecule has 0 saturated heterocycles. The molecule has 7 heteroatoms. The first-order chi connectivity index (χ1) is 13.7. The number of halogens is 2. The van der Waals surface area contributed by atoms with Crippen LogP contribution in [-0.4, -0.2) is 34.2 Å². The second kappa shape index (κ2) is 6.87. The van der Waals surface area contributed by atoms with Crippen molar-refractivity contribution in [2.45, 2.75) is 36.2 Å². The Morgan fingerprint density at radius 1 is 1.52 bits per heavy atom. The van der Waals surface area contributed by atoms with Gasteiger partial charge in [-0.1, -0.05) is 41.4 Å². The monoisotopic (exact) mass is 431 g/mol. The first kappa shape index (κ1) is 20.5. The van der Waals surface area contributed by atoms with Crippen molar-refractivity contribution in [1.29, 1.82) is 0 Å². The topological polar surface area (TPSA) is 60.5 Å². The van der Waals surface area contributed by atoms with Gasteiger partial charge in [0.2, 0.25) is 0 Å². The first-order valence-electron chi connectivity index (χ1n) is 9.41. The van der Waals surface area contributed by atoms with Gasteiger partial charge in [-0.3, -0.25) is 9.98 Å². The van der Waals surface area contributed by atoms with E-state index in [-0.39, 0.29) is 21.9 Å². The highest BCUT2D eigenvalue weighted by Gasteiger charge is 2.70. The fourth-order valence-corrected chi connectivity index (χ4v) is 6.71. The first-order valence-corrected chi connectivity index (χ1v) is 10.6. The third kappa shape index (κ3) is 2.94. The Morgan fingerprint density at radius 2 is 2.28 bits per heavy atom. The predicted octanol–water partition coefficient (Wildman–Crippen LogP) is 4.18. The number of rotatable bonds is 4. The van der Waals surface area contributed by atoms with Crippen LogP contribution in [0.15, 0.2) is 41.1 Å². The van der Waals surface area contributed by atoms with E-state index in [1.165, 1.54) is 18.0 Å². The number of methoxy groups -OCH3 is 1. The van der Waals surface area contributed by atoms with Gasteiger partial charge < -0.3 is 10.5 Å². The van der Waals surface area contributed by atoms with Gasteiger partial charge >= 0.3 is 0 Å². The highest BCUT2D eigenvalue weighted by molar-refractivity contribution is 8.15. The quantitative estimate of drug-likeness (QED) is 0.726. The number of ether oxygens (including phenoxy) is 1. The molecule has 3 unspecified atom stereocenters. The molecule has 0 radical (unpaired) electrons. The SMILES string of the molecule is C#CC1=CC=CC([C@]2(C)N=C(N)S[C@@]3(COC)CC32)C1(F)c1ncc(Cl)cc1C. The van der Waals surface area contributed by atoms with E-state index in [9.17, 15) is 0 Å². The molecular weight excluding hydrogens is 409 g/mol. The number of nitrogens with two attached hydrogens (primary N) is 1. The molecule has 2 aliphatic carbocycles. The summed E-state index contributed by atoms with van der Waals surface area (Å²) in [6, 6.07) is 1.71. The molecule has 5 atom stereocenters. The minimum atomic E-state index is -2.01. The number of thioether (sulfide) groups is 1. The fraction of sp³-hybridized carbons (Fsp3) is 0.455. The van der Waals surface area contributed by atoms with E-state index >= 15 is 4.39 Å². The zero-order valence-corrected chi connectivity index (χ0v) is 18.1. The van der Waals surface area contributed by atoms with Gasteiger partial charge in [-0.25, -0.2) is 4.39 Å². The number of amidine groups is 1. The third-order valence-corrected chi connectivity index (χ3v) is 7.82. The van der Waals surface area contributed by atoms with Gasteiger partial charge in [0.05, 0.1) is 27.6 Å². The predicted molar refractivity (Wildman–Crippen MR) is 117 cm³/mol. The Labute approximate surface area is 179 Å². The second-order valence-electron chi connectivity index (χ2n) is 8.15. The van der Waals surface area contributed by atoms with Gasteiger partial charge in [-0.2, -0.15) is 0 Å². The number of alkyl halides is 1. The lowest BCUT2D eigenvalue weighted by Gasteiger charge is -2.46. The summed E-state index contributed by atoms with van der Waals surface area (Å²) in [4.78, 5) is 9.16. The summed E-state index contributed by atoms with van der Waals surface area (Å²) >= 11 is 7.61. The van der Waals surface area contributed by atoms with Crippen LogP contribution in [0.5, 0.6) is 0 Å². The van der Waals surface area contributed by atoms with E-state index in [1.807, 2.05) is 19.1 Å². The average Bonchev–Trinajstić information content (AvgIpc) is 3.36. The van der Waals surface area contributed by atoms with Crippen LogP contribution in [0.25, 0.3) is 0 Å². The Kier molecular flexibility index (Phi) is 4.85. The summed E-state index contributed by atoms with van der Waals surface area (Å²) in [5.41, 5.74) is 4.56. The number of aliphatic imine (C=N–C) groups is 1. The van der Waals surface area contributed by atoms with Crippen molar-refractivity contribution in [3.8, 4) is 12.3 Å². The molecule has 29 heavy (non-hydrogen) atoms. The van der Waals surface area contributed by atoms with Crippen molar-refractivity contribution >= 4 is 28.5 Å². The van der Waals surface area contributed by atoms with Crippen molar-refractivity contribution in [2.75, 3.05) is 13.7 Å². The molecule has 4 nitrogen and oxygen atoms in total.